The Hall–Kier alpha value is -3.02. The molecule has 0 bridgehead atoms. The van der Waals surface area contributed by atoms with Crippen LogP contribution in [-0.4, -0.2) is 24.3 Å². The molecule has 27 heavy (non-hydrogen) atoms. The van der Waals surface area contributed by atoms with Gasteiger partial charge in [-0.3, -0.25) is 5.32 Å². The molecule has 2 atom stereocenters. The number of rotatable bonds is 4. The Kier molecular flexibility index (Phi) is 6.30. The van der Waals surface area contributed by atoms with Crippen molar-refractivity contribution in [1.29, 1.82) is 0 Å². The van der Waals surface area contributed by atoms with E-state index < -0.39 is 6.09 Å². The summed E-state index contributed by atoms with van der Waals surface area (Å²) >= 11 is 0. The molecule has 2 aromatic rings. The van der Waals surface area contributed by atoms with E-state index in [0.717, 1.165) is 30.5 Å². The predicted octanol–water partition coefficient (Wildman–Crippen LogP) is 4.68. The topological polar surface area (TPSA) is 79.5 Å². The number of aryl methyl sites for hydroxylation is 1. The van der Waals surface area contributed by atoms with Gasteiger partial charge in [-0.15, -0.1) is 0 Å². The molecule has 1 aliphatic rings. The number of urea groups is 1. The third-order valence-corrected chi connectivity index (χ3v) is 4.65. The van der Waals surface area contributed by atoms with Crippen LogP contribution in [0.2, 0.25) is 0 Å². The maximum atomic E-state index is 12.3. The Bertz CT molecular complexity index is 779. The highest BCUT2D eigenvalue weighted by atomic mass is 16.6. The van der Waals surface area contributed by atoms with Crippen molar-refractivity contribution >= 4 is 23.5 Å². The first-order chi connectivity index (χ1) is 13.1. The first-order valence-electron chi connectivity index (χ1n) is 9.26. The Morgan fingerprint density at radius 2 is 1.70 bits per heavy atom. The molecule has 1 fully saturated rings. The summed E-state index contributed by atoms with van der Waals surface area (Å²) in [5.41, 5.74) is 2.50. The average molecular weight is 367 g/mol. The monoisotopic (exact) mass is 367 g/mol. The molecule has 0 aliphatic heterocycles. The summed E-state index contributed by atoms with van der Waals surface area (Å²) in [6.45, 7) is 1.95. The normalized spacial score (nSPS) is 19.0. The van der Waals surface area contributed by atoms with Crippen LogP contribution in [0.25, 0.3) is 0 Å². The smallest absolute Gasteiger partial charge is 0.411 e. The van der Waals surface area contributed by atoms with E-state index in [-0.39, 0.29) is 18.2 Å². The number of nitrogens with one attached hydrogen (secondary N) is 3. The predicted molar refractivity (Wildman–Crippen MR) is 106 cm³/mol. The lowest BCUT2D eigenvalue weighted by atomic mass is 9.93. The number of benzene rings is 2. The maximum Gasteiger partial charge on any atom is 0.411 e. The van der Waals surface area contributed by atoms with Crippen molar-refractivity contribution in [3.8, 4) is 0 Å². The molecule has 142 valence electrons. The second-order valence-electron chi connectivity index (χ2n) is 6.80. The van der Waals surface area contributed by atoms with Crippen LogP contribution < -0.4 is 16.0 Å². The van der Waals surface area contributed by atoms with Gasteiger partial charge in [0.25, 0.3) is 0 Å². The van der Waals surface area contributed by atoms with Gasteiger partial charge >= 0.3 is 12.1 Å². The molecule has 6 heteroatoms. The summed E-state index contributed by atoms with van der Waals surface area (Å²) in [7, 11) is 0. The minimum absolute atomic E-state index is 0.0164. The SMILES string of the molecule is Cc1ccccc1NC(=O)N[C@H]1CCC[C@@H](OC(=O)Nc2ccccc2)C1. The lowest BCUT2D eigenvalue weighted by Gasteiger charge is -2.29. The van der Waals surface area contributed by atoms with Gasteiger partial charge in [0.1, 0.15) is 6.10 Å². The number of carbonyl (C=O) groups excluding carboxylic acids is 2. The standard InChI is InChI=1S/C21H25N3O3/c1-15-8-5-6-13-19(15)24-20(25)22-17-11-7-12-18(14-17)27-21(26)23-16-9-3-2-4-10-16/h2-6,8-10,13,17-18H,7,11-12,14H2,1H3,(H,23,26)(H2,22,24,25)/t17-,18+/m0/s1. The van der Waals surface area contributed by atoms with E-state index in [2.05, 4.69) is 16.0 Å². The van der Waals surface area contributed by atoms with Crippen LogP contribution in [0.4, 0.5) is 21.0 Å². The van der Waals surface area contributed by atoms with Crippen LogP contribution in [0.1, 0.15) is 31.2 Å². The Morgan fingerprint density at radius 3 is 2.48 bits per heavy atom. The molecule has 0 unspecified atom stereocenters. The van der Waals surface area contributed by atoms with E-state index >= 15 is 0 Å². The van der Waals surface area contributed by atoms with E-state index in [1.165, 1.54) is 0 Å². The van der Waals surface area contributed by atoms with Gasteiger partial charge in [0.2, 0.25) is 0 Å². The summed E-state index contributed by atoms with van der Waals surface area (Å²) in [5.74, 6) is 0. The Morgan fingerprint density at radius 1 is 0.963 bits per heavy atom. The third kappa shape index (κ3) is 5.74. The van der Waals surface area contributed by atoms with Crippen LogP contribution >= 0.6 is 0 Å². The van der Waals surface area contributed by atoms with Gasteiger partial charge in [-0.1, -0.05) is 36.4 Å². The Balaban J connectivity index is 1.46. The van der Waals surface area contributed by atoms with Crippen molar-refractivity contribution in [3.05, 3.63) is 60.2 Å². The fourth-order valence-corrected chi connectivity index (χ4v) is 3.26. The molecule has 0 radical (unpaired) electrons. The minimum atomic E-state index is -0.462. The van der Waals surface area contributed by atoms with Crippen LogP contribution in [0, 0.1) is 6.92 Å². The van der Waals surface area contributed by atoms with Gasteiger partial charge in [0, 0.05) is 23.8 Å². The summed E-state index contributed by atoms with van der Waals surface area (Å²) in [4.78, 5) is 24.3. The van der Waals surface area contributed by atoms with Crippen molar-refractivity contribution < 1.29 is 14.3 Å². The molecule has 1 saturated carbocycles. The van der Waals surface area contributed by atoms with Crippen molar-refractivity contribution in [2.45, 2.75) is 44.8 Å². The molecule has 1 aliphatic carbocycles. The molecule has 0 aromatic heterocycles. The molecule has 3 N–H and O–H groups in total. The average Bonchev–Trinajstić information content (AvgIpc) is 2.64. The number of carbonyl (C=O) groups is 2. The van der Waals surface area contributed by atoms with E-state index in [1.54, 1.807) is 0 Å². The zero-order valence-electron chi connectivity index (χ0n) is 15.4. The van der Waals surface area contributed by atoms with Gasteiger partial charge in [-0.2, -0.15) is 0 Å². The van der Waals surface area contributed by atoms with E-state index in [1.807, 2.05) is 61.5 Å². The van der Waals surface area contributed by atoms with Crippen LogP contribution in [-0.2, 0) is 4.74 Å². The zero-order valence-corrected chi connectivity index (χ0v) is 15.4. The first-order valence-corrected chi connectivity index (χ1v) is 9.26. The summed E-state index contributed by atoms with van der Waals surface area (Å²) in [6.07, 6.45) is 2.53. The summed E-state index contributed by atoms with van der Waals surface area (Å²) in [5, 5.41) is 8.58. The molecule has 6 nitrogen and oxygen atoms in total. The van der Waals surface area contributed by atoms with Crippen molar-refractivity contribution in [2.24, 2.45) is 0 Å². The first kappa shape index (κ1) is 18.8. The number of anilines is 2. The number of hydrogen-bond acceptors (Lipinski definition) is 3. The maximum absolute atomic E-state index is 12.3. The highest BCUT2D eigenvalue weighted by Gasteiger charge is 2.26. The van der Waals surface area contributed by atoms with E-state index in [4.69, 9.17) is 4.74 Å². The number of hydrogen-bond donors (Lipinski definition) is 3. The largest absolute Gasteiger partial charge is 0.446 e. The van der Waals surface area contributed by atoms with Crippen molar-refractivity contribution in [3.63, 3.8) is 0 Å². The van der Waals surface area contributed by atoms with Gasteiger partial charge in [0.15, 0.2) is 0 Å². The Labute approximate surface area is 159 Å². The molecule has 3 amide bonds. The fraction of sp³-hybridized carbons (Fsp3) is 0.333. The molecule has 3 rings (SSSR count). The molecule has 0 heterocycles. The van der Waals surface area contributed by atoms with Crippen LogP contribution in [0.3, 0.4) is 0 Å². The lowest BCUT2D eigenvalue weighted by Crippen LogP contribution is -2.43. The van der Waals surface area contributed by atoms with E-state index in [0.29, 0.717) is 12.1 Å². The zero-order chi connectivity index (χ0) is 19.1. The van der Waals surface area contributed by atoms with E-state index in [9.17, 15) is 9.59 Å². The number of amides is 3. The number of ether oxygens (including phenoxy) is 1. The van der Waals surface area contributed by atoms with Gasteiger partial charge < -0.3 is 15.4 Å². The van der Waals surface area contributed by atoms with Gasteiger partial charge in [0.05, 0.1) is 0 Å². The lowest BCUT2D eigenvalue weighted by molar-refractivity contribution is 0.0779. The van der Waals surface area contributed by atoms with Crippen molar-refractivity contribution in [2.75, 3.05) is 10.6 Å². The molecule has 0 spiro atoms. The van der Waals surface area contributed by atoms with Crippen LogP contribution in [0.5, 0.6) is 0 Å². The minimum Gasteiger partial charge on any atom is -0.446 e. The quantitative estimate of drug-likeness (QED) is 0.734. The highest BCUT2D eigenvalue weighted by molar-refractivity contribution is 5.90. The highest BCUT2D eigenvalue weighted by Crippen LogP contribution is 2.22. The molecular formula is C21H25N3O3. The summed E-state index contributed by atoms with van der Waals surface area (Å²) < 4.78 is 5.52. The van der Waals surface area contributed by atoms with Gasteiger partial charge in [-0.05, 0) is 49.9 Å². The number of para-hydroxylation sites is 2. The van der Waals surface area contributed by atoms with Gasteiger partial charge in [-0.25, -0.2) is 9.59 Å². The molecule has 2 aromatic carbocycles. The third-order valence-electron chi connectivity index (χ3n) is 4.65. The second-order valence-corrected chi connectivity index (χ2v) is 6.80. The molecule has 0 saturated heterocycles. The van der Waals surface area contributed by atoms with Crippen molar-refractivity contribution in [1.82, 2.24) is 5.32 Å². The fourth-order valence-electron chi connectivity index (χ4n) is 3.26. The molecular weight excluding hydrogens is 342 g/mol. The second kappa shape index (κ2) is 9.07. The van der Waals surface area contributed by atoms with Crippen LogP contribution in [0.15, 0.2) is 54.6 Å². The summed E-state index contributed by atoms with van der Waals surface area (Å²) in [6, 6.07) is 16.6.